The first-order valence-corrected chi connectivity index (χ1v) is 13.1. The molecule has 3 aromatic rings. The van der Waals surface area contributed by atoms with E-state index < -0.39 is 11.9 Å². The summed E-state index contributed by atoms with van der Waals surface area (Å²) in [7, 11) is 3.16. The molecule has 0 spiro atoms. The topological polar surface area (TPSA) is 89.1 Å². The second kappa shape index (κ2) is 10.5. The van der Waals surface area contributed by atoms with Crippen LogP contribution in [-0.2, 0) is 30.5 Å². The third-order valence-electron chi connectivity index (χ3n) is 6.66. The van der Waals surface area contributed by atoms with E-state index in [1.165, 1.54) is 37.0 Å². The van der Waals surface area contributed by atoms with Gasteiger partial charge in [-0.05, 0) is 43.0 Å². The van der Waals surface area contributed by atoms with Gasteiger partial charge in [0.15, 0.2) is 16.7 Å². The van der Waals surface area contributed by atoms with E-state index in [1.807, 2.05) is 0 Å². The van der Waals surface area contributed by atoms with Gasteiger partial charge in [-0.3, -0.25) is 9.48 Å². The number of piperidine rings is 1. The van der Waals surface area contributed by atoms with Crippen molar-refractivity contribution in [3.05, 3.63) is 46.2 Å². The minimum atomic E-state index is -4.54. The Morgan fingerprint density at radius 3 is 2.61 bits per heavy atom. The van der Waals surface area contributed by atoms with Crippen molar-refractivity contribution in [2.45, 2.75) is 29.6 Å². The van der Waals surface area contributed by atoms with Crippen LogP contribution in [0.4, 0.5) is 13.2 Å². The van der Waals surface area contributed by atoms with E-state index in [4.69, 9.17) is 9.90 Å². The van der Waals surface area contributed by atoms with Crippen LogP contribution in [-0.4, -0.2) is 66.4 Å². The predicted molar refractivity (Wildman–Crippen MR) is 133 cm³/mol. The fraction of sp³-hybridized carbons (Fsp3) is 0.478. The number of rotatable bonds is 7. The molecule has 13 heteroatoms. The number of aromatic nitrogens is 5. The van der Waals surface area contributed by atoms with Crippen LogP contribution in [0.15, 0.2) is 40.1 Å². The van der Waals surface area contributed by atoms with Crippen LogP contribution < -0.4 is 0 Å². The molecule has 36 heavy (non-hydrogen) atoms. The molecule has 1 saturated carbocycles. The molecule has 1 unspecified atom stereocenters. The van der Waals surface area contributed by atoms with Gasteiger partial charge in [0.1, 0.15) is 0 Å². The van der Waals surface area contributed by atoms with E-state index in [9.17, 15) is 13.2 Å². The van der Waals surface area contributed by atoms with Crippen LogP contribution in [0, 0.1) is 5.92 Å². The Bertz CT molecular complexity index is 1220. The third kappa shape index (κ3) is 5.47. The summed E-state index contributed by atoms with van der Waals surface area (Å²) in [6, 6.07) is 8.72. The number of nitrogens with zero attached hydrogens (tertiary/aromatic N) is 6. The molecule has 0 bridgehead atoms. The van der Waals surface area contributed by atoms with Crippen LogP contribution in [0.25, 0.3) is 11.4 Å². The van der Waals surface area contributed by atoms with Crippen LogP contribution in [0.3, 0.4) is 0 Å². The Morgan fingerprint density at radius 2 is 1.94 bits per heavy atom. The smallest absolute Gasteiger partial charge is 0.435 e. The van der Waals surface area contributed by atoms with Crippen molar-refractivity contribution < 1.29 is 23.1 Å². The molecular weight excluding hydrogens is 561 g/mol. The zero-order chi connectivity index (χ0) is 26.1. The molecule has 2 aliphatic rings. The van der Waals surface area contributed by atoms with Crippen LogP contribution in [0.5, 0.6) is 0 Å². The summed E-state index contributed by atoms with van der Waals surface area (Å²) in [5.41, 5.74) is 0.769. The van der Waals surface area contributed by atoms with Gasteiger partial charge in [0.25, 0.3) is 6.47 Å². The summed E-state index contributed by atoms with van der Waals surface area (Å²) in [5.74, 6) is 1.75. The van der Waals surface area contributed by atoms with Crippen molar-refractivity contribution in [2.75, 3.05) is 25.4 Å². The molecule has 8 nitrogen and oxygen atoms in total. The number of carboxylic acid groups (broad SMARTS) is 1. The van der Waals surface area contributed by atoms with E-state index in [0.717, 1.165) is 46.9 Å². The average Bonchev–Trinajstić information content (AvgIpc) is 3.10. The highest BCUT2D eigenvalue weighted by molar-refractivity contribution is 9.10. The van der Waals surface area contributed by atoms with Gasteiger partial charge in [-0.25, -0.2) is 0 Å². The van der Waals surface area contributed by atoms with Gasteiger partial charge in [0.2, 0.25) is 0 Å². The molecule has 1 aliphatic heterocycles. The number of aryl methyl sites for hydroxylation is 1. The Morgan fingerprint density at radius 1 is 1.25 bits per heavy atom. The molecule has 1 aromatic carbocycles. The van der Waals surface area contributed by atoms with Crippen molar-refractivity contribution in [1.29, 1.82) is 0 Å². The Hall–Kier alpha value is -2.38. The Labute approximate surface area is 219 Å². The van der Waals surface area contributed by atoms with Gasteiger partial charge in [0.05, 0.1) is 5.56 Å². The monoisotopic (exact) mass is 586 g/mol. The number of fused-ring (bicyclic) bond motifs is 1. The Kier molecular flexibility index (Phi) is 7.81. The normalized spacial score (nSPS) is 21.1. The zero-order valence-electron chi connectivity index (χ0n) is 19.7. The standard InChI is InChI=1S/C22H24BrF3N6S.CH2O2/c1-30-12-17(18(29-30)22(24,25)26)19-27-28-20(31(19)2)33-9-3-8-32-11-15-10-21(15,13-32)14-4-6-16(23)7-5-14;2-1-3/h4-7,12,15H,3,8-11,13H2,1-2H3;1H,(H,2,3)/t15-,21?;/m0./s1. The van der Waals surface area contributed by atoms with Gasteiger partial charge in [-0.1, -0.05) is 39.8 Å². The van der Waals surface area contributed by atoms with Crippen molar-refractivity contribution in [3.8, 4) is 11.4 Å². The van der Waals surface area contributed by atoms with Crippen molar-refractivity contribution >= 4 is 34.2 Å². The second-order valence-electron chi connectivity index (χ2n) is 9.03. The van der Waals surface area contributed by atoms with Crippen LogP contribution >= 0.6 is 27.7 Å². The molecule has 194 valence electrons. The van der Waals surface area contributed by atoms with Crippen molar-refractivity contribution in [2.24, 2.45) is 20.0 Å². The van der Waals surface area contributed by atoms with Gasteiger partial charge in [0, 0.05) is 49.0 Å². The maximum atomic E-state index is 13.3. The van der Waals surface area contributed by atoms with E-state index in [1.54, 1.807) is 11.6 Å². The van der Waals surface area contributed by atoms with E-state index in [0.29, 0.717) is 10.6 Å². The highest BCUT2D eigenvalue weighted by Crippen LogP contribution is 2.59. The summed E-state index contributed by atoms with van der Waals surface area (Å²) < 4.78 is 43.8. The summed E-state index contributed by atoms with van der Waals surface area (Å²) >= 11 is 5.04. The molecule has 0 radical (unpaired) electrons. The number of alkyl halides is 3. The van der Waals surface area contributed by atoms with Crippen LogP contribution in [0.2, 0.25) is 0 Å². The van der Waals surface area contributed by atoms with Gasteiger partial charge in [-0.2, -0.15) is 18.3 Å². The van der Waals surface area contributed by atoms with Gasteiger partial charge in [-0.15, -0.1) is 10.2 Å². The zero-order valence-corrected chi connectivity index (χ0v) is 22.1. The lowest BCUT2D eigenvalue weighted by Gasteiger charge is -2.21. The molecule has 3 heterocycles. The molecule has 2 aromatic heterocycles. The fourth-order valence-electron chi connectivity index (χ4n) is 4.97. The number of likely N-dealkylation sites (tertiary alicyclic amines) is 1. The van der Waals surface area contributed by atoms with E-state index >= 15 is 0 Å². The summed E-state index contributed by atoms with van der Waals surface area (Å²) in [6.07, 6.45) is -0.951. The molecule has 0 amide bonds. The van der Waals surface area contributed by atoms with Crippen LogP contribution in [0.1, 0.15) is 24.1 Å². The maximum Gasteiger partial charge on any atom is 0.435 e. The average molecular weight is 587 g/mol. The lowest BCUT2D eigenvalue weighted by Crippen LogP contribution is -2.27. The molecule has 1 saturated heterocycles. The quantitative estimate of drug-likeness (QED) is 0.248. The number of hydrogen-bond donors (Lipinski definition) is 1. The molecule has 1 N–H and O–H groups in total. The SMILES string of the molecule is Cn1cc(-c2nnc(SCCCN3C[C@@H]4CC4(c4ccc(Br)cc4)C3)n2C)c(C(F)(F)F)n1.O=CO. The Balaban J connectivity index is 0.000000967. The number of thioether (sulfide) groups is 1. The number of carbonyl (C=O) groups is 1. The number of benzene rings is 1. The third-order valence-corrected chi connectivity index (χ3v) is 8.29. The maximum absolute atomic E-state index is 13.3. The van der Waals surface area contributed by atoms with Crippen molar-refractivity contribution in [3.63, 3.8) is 0 Å². The second-order valence-corrected chi connectivity index (χ2v) is 11.0. The highest BCUT2D eigenvalue weighted by atomic mass is 79.9. The summed E-state index contributed by atoms with van der Waals surface area (Å²) in [4.78, 5) is 10.9. The first kappa shape index (κ1) is 26.7. The minimum absolute atomic E-state index is 0.0543. The summed E-state index contributed by atoms with van der Waals surface area (Å²) in [5, 5.41) is 19.2. The lowest BCUT2D eigenvalue weighted by molar-refractivity contribution is -0.141. The first-order valence-electron chi connectivity index (χ1n) is 11.3. The van der Waals surface area contributed by atoms with Gasteiger partial charge >= 0.3 is 6.18 Å². The number of hydrogen-bond acceptors (Lipinski definition) is 6. The molecule has 2 fully saturated rings. The molecule has 1 aliphatic carbocycles. The highest BCUT2D eigenvalue weighted by Gasteiger charge is 2.60. The fourth-order valence-corrected chi connectivity index (χ4v) is 6.07. The first-order chi connectivity index (χ1) is 17.1. The number of halogens is 4. The predicted octanol–water partition coefficient (Wildman–Crippen LogP) is 4.45. The molecule has 2 atom stereocenters. The van der Waals surface area contributed by atoms with E-state index in [-0.39, 0.29) is 17.9 Å². The minimum Gasteiger partial charge on any atom is -0.483 e. The largest absolute Gasteiger partial charge is 0.483 e. The van der Waals surface area contributed by atoms with Crippen molar-refractivity contribution in [1.82, 2.24) is 29.4 Å². The van der Waals surface area contributed by atoms with E-state index in [2.05, 4.69) is 60.4 Å². The molecular formula is C23H26BrF3N6O2S. The van der Waals surface area contributed by atoms with Gasteiger partial charge < -0.3 is 14.6 Å². The lowest BCUT2D eigenvalue weighted by atomic mass is 9.95. The molecule has 5 rings (SSSR count). The summed E-state index contributed by atoms with van der Waals surface area (Å²) in [6.45, 7) is 2.99.